The van der Waals surface area contributed by atoms with Crippen LogP contribution in [0.15, 0.2) is 22.2 Å². The fourth-order valence-electron chi connectivity index (χ4n) is 3.86. The molecule has 5 rings (SSSR count). The van der Waals surface area contributed by atoms with Crippen LogP contribution in [0.5, 0.6) is 5.75 Å². The molecule has 2 aromatic heterocycles. The minimum atomic E-state index is -0.646. The van der Waals surface area contributed by atoms with E-state index < -0.39 is 16.8 Å². The second-order valence-corrected chi connectivity index (χ2v) is 7.75. The first-order valence-corrected chi connectivity index (χ1v) is 9.46. The predicted molar refractivity (Wildman–Crippen MR) is 105 cm³/mol. The third kappa shape index (κ3) is 2.21. The Balaban J connectivity index is 1.91. The number of piperazine rings is 1. The molecule has 1 N–H and O–H groups in total. The Bertz CT molecular complexity index is 1230. The number of benzene rings is 1. The molecule has 1 saturated heterocycles. The van der Waals surface area contributed by atoms with Crippen molar-refractivity contribution in [3.63, 3.8) is 0 Å². The number of rotatable bonds is 1. The molecule has 7 nitrogen and oxygen atoms in total. The number of hydrogen-bond acceptors (Lipinski definition) is 6. The lowest BCUT2D eigenvalue weighted by Crippen LogP contribution is -2.44. The number of H-pyrrole nitrogens is 1. The van der Waals surface area contributed by atoms with Crippen LogP contribution in [-0.2, 0) is 0 Å². The quantitative estimate of drug-likeness (QED) is 0.687. The van der Waals surface area contributed by atoms with Crippen molar-refractivity contribution in [3.8, 4) is 5.75 Å². The predicted octanol–water partition coefficient (Wildman–Crippen LogP) is 1.66. The fourth-order valence-corrected chi connectivity index (χ4v) is 4.75. The van der Waals surface area contributed by atoms with Gasteiger partial charge < -0.3 is 14.5 Å². The van der Waals surface area contributed by atoms with Gasteiger partial charge in [-0.1, -0.05) is 6.58 Å². The third-order valence-electron chi connectivity index (χ3n) is 5.29. The van der Waals surface area contributed by atoms with Crippen LogP contribution in [0.2, 0.25) is 0 Å². The molecule has 0 amide bonds. The Morgan fingerprint density at radius 2 is 1.96 bits per heavy atom. The SMILES string of the molecule is C=C1COc2c(N3CCN(C)CC3)cc(F)c3c(=O)c4c(=O)[nH]sc4n1c23. The molecule has 0 atom stereocenters. The van der Waals surface area contributed by atoms with Crippen molar-refractivity contribution in [3.05, 3.63) is 39.0 Å². The van der Waals surface area contributed by atoms with E-state index in [4.69, 9.17) is 4.74 Å². The van der Waals surface area contributed by atoms with E-state index >= 15 is 4.39 Å². The van der Waals surface area contributed by atoms with Crippen molar-refractivity contribution in [2.75, 3.05) is 44.7 Å². The maximum Gasteiger partial charge on any atom is 0.271 e. The summed E-state index contributed by atoms with van der Waals surface area (Å²) in [4.78, 5) is 29.8. The highest BCUT2D eigenvalue weighted by atomic mass is 32.1. The number of aromatic nitrogens is 2. The van der Waals surface area contributed by atoms with E-state index in [2.05, 4.69) is 20.8 Å². The first-order valence-electron chi connectivity index (χ1n) is 8.64. The standard InChI is InChI=1S/C18H17FN4O3S/c1-9-8-26-16-11(22-5-3-21(2)4-6-22)7-10(19)12-14(16)23(9)18-13(15(12)24)17(25)20-27-18/h7H,1,3-6,8H2,2H3,(H,20,25). The van der Waals surface area contributed by atoms with Crippen molar-refractivity contribution in [1.29, 1.82) is 0 Å². The van der Waals surface area contributed by atoms with Crippen LogP contribution < -0.4 is 20.6 Å². The minimum absolute atomic E-state index is 0.0345. The second-order valence-electron chi connectivity index (χ2n) is 6.95. The first-order chi connectivity index (χ1) is 13.0. The van der Waals surface area contributed by atoms with Crippen LogP contribution in [0.4, 0.5) is 10.1 Å². The van der Waals surface area contributed by atoms with E-state index in [1.165, 1.54) is 6.07 Å². The van der Waals surface area contributed by atoms with E-state index in [9.17, 15) is 9.59 Å². The summed E-state index contributed by atoms with van der Waals surface area (Å²) in [6, 6.07) is 1.36. The third-order valence-corrected chi connectivity index (χ3v) is 6.16. The summed E-state index contributed by atoms with van der Waals surface area (Å²) in [5.41, 5.74) is 0.432. The van der Waals surface area contributed by atoms with Gasteiger partial charge in [0.2, 0.25) is 5.43 Å². The minimum Gasteiger partial charge on any atom is -0.483 e. The molecule has 0 radical (unpaired) electrons. The number of hydrogen-bond donors (Lipinski definition) is 1. The number of anilines is 1. The molecular formula is C18H17FN4O3S. The Morgan fingerprint density at radius 1 is 1.22 bits per heavy atom. The Hall–Kier alpha value is -2.65. The number of aromatic amines is 1. The monoisotopic (exact) mass is 388 g/mol. The van der Waals surface area contributed by atoms with Gasteiger partial charge >= 0.3 is 0 Å². The van der Waals surface area contributed by atoms with Gasteiger partial charge in [-0.3, -0.25) is 18.5 Å². The lowest BCUT2D eigenvalue weighted by molar-refractivity contribution is 0.309. The van der Waals surface area contributed by atoms with Gasteiger partial charge in [-0.05, 0) is 18.6 Å². The number of nitrogens with zero attached hydrogens (tertiary/aromatic N) is 3. The van der Waals surface area contributed by atoms with Gasteiger partial charge in [0.1, 0.15) is 28.2 Å². The zero-order chi connectivity index (χ0) is 18.9. The van der Waals surface area contributed by atoms with Gasteiger partial charge in [-0.25, -0.2) is 4.39 Å². The van der Waals surface area contributed by atoms with Gasteiger partial charge in [-0.15, -0.1) is 0 Å². The van der Waals surface area contributed by atoms with E-state index in [0.717, 1.165) is 37.7 Å². The summed E-state index contributed by atoms with van der Waals surface area (Å²) in [6.07, 6.45) is 0. The molecular weight excluding hydrogens is 371 g/mol. The van der Waals surface area contributed by atoms with Crippen molar-refractivity contribution in [2.45, 2.75) is 0 Å². The molecule has 0 spiro atoms. The molecule has 0 bridgehead atoms. The van der Waals surface area contributed by atoms with Crippen molar-refractivity contribution >= 4 is 44.0 Å². The highest BCUT2D eigenvalue weighted by molar-refractivity contribution is 7.12. The molecule has 3 aromatic rings. The topological polar surface area (TPSA) is 70.6 Å². The normalized spacial score (nSPS) is 17.7. The van der Waals surface area contributed by atoms with E-state index in [0.29, 0.717) is 27.5 Å². The van der Waals surface area contributed by atoms with Crippen LogP contribution in [0.1, 0.15) is 0 Å². The van der Waals surface area contributed by atoms with E-state index in [1.807, 2.05) is 7.05 Å². The number of fused-ring (bicyclic) bond motifs is 2. The molecule has 1 aromatic carbocycles. The van der Waals surface area contributed by atoms with Crippen LogP contribution in [0, 0.1) is 5.82 Å². The molecule has 27 heavy (non-hydrogen) atoms. The average Bonchev–Trinajstić information content (AvgIpc) is 3.03. The molecule has 4 heterocycles. The molecule has 0 unspecified atom stereocenters. The Labute approximate surface area is 157 Å². The largest absolute Gasteiger partial charge is 0.483 e. The molecule has 0 aliphatic carbocycles. The maximum atomic E-state index is 15.1. The average molecular weight is 388 g/mol. The first kappa shape index (κ1) is 16.5. The zero-order valence-corrected chi connectivity index (χ0v) is 15.5. The van der Waals surface area contributed by atoms with Gasteiger partial charge in [0.15, 0.2) is 5.75 Å². The Kier molecular flexibility index (Phi) is 3.47. The van der Waals surface area contributed by atoms with Crippen LogP contribution in [0.25, 0.3) is 26.8 Å². The lowest BCUT2D eigenvalue weighted by Gasteiger charge is -2.36. The lowest BCUT2D eigenvalue weighted by atomic mass is 10.1. The summed E-state index contributed by atoms with van der Waals surface area (Å²) >= 11 is 1.05. The van der Waals surface area contributed by atoms with Crippen LogP contribution in [-0.4, -0.2) is 53.7 Å². The summed E-state index contributed by atoms with van der Waals surface area (Å²) < 4.78 is 25.3. The zero-order valence-electron chi connectivity index (χ0n) is 14.7. The molecule has 1 fully saturated rings. The highest BCUT2D eigenvalue weighted by Crippen LogP contribution is 2.42. The summed E-state index contributed by atoms with van der Waals surface area (Å²) in [5, 5.41) is -0.159. The van der Waals surface area contributed by atoms with Crippen molar-refractivity contribution in [1.82, 2.24) is 13.8 Å². The van der Waals surface area contributed by atoms with Crippen molar-refractivity contribution < 1.29 is 9.13 Å². The molecule has 0 saturated carbocycles. The van der Waals surface area contributed by atoms with Crippen molar-refractivity contribution in [2.24, 2.45) is 0 Å². The molecule has 2 aliphatic rings. The number of halogens is 1. The number of nitrogens with one attached hydrogen (secondary N) is 1. The fraction of sp³-hybridized carbons (Fsp3) is 0.333. The Morgan fingerprint density at radius 3 is 2.70 bits per heavy atom. The van der Waals surface area contributed by atoms with Crippen LogP contribution in [0.3, 0.4) is 0 Å². The van der Waals surface area contributed by atoms with Gasteiger partial charge in [0.25, 0.3) is 5.56 Å². The molecule has 2 aliphatic heterocycles. The summed E-state index contributed by atoms with van der Waals surface area (Å²) in [7, 11) is 2.05. The van der Waals surface area contributed by atoms with Crippen LogP contribution >= 0.6 is 11.5 Å². The van der Waals surface area contributed by atoms with Gasteiger partial charge in [0.05, 0.1) is 16.8 Å². The molecule has 140 valence electrons. The van der Waals surface area contributed by atoms with Gasteiger partial charge in [0, 0.05) is 32.2 Å². The summed E-state index contributed by atoms with van der Waals surface area (Å²) in [6.45, 7) is 7.39. The van der Waals surface area contributed by atoms with Gasteiger partial charge in [-0.2, -0.15) is 0 Å². The highest BCUT2D eigenvalue weighted by Gasteiger charge is 2.30. The smallest absolute Gasteiger partial charge is 0.271 e. The molecule has 9 heteroatoms. The number of likely N-dealkylation sites (N-methyl/N-ethyl adjacent to an activating group) is 1. The van der Waals surface area contributed by atoms with E-state index in [1.54, 1.807) is 4.57 Å². The number of ether oxygens (including phenoxy) is 1. The maximum absolute atomic E-state index is 15.1. The second kappa shape index (κ2) is 5.67. The van der Waals surface area contributed by atoms with E-state index in [-0.39, 0.29) is 17.4 Å². The summed E-state index contributed by atoms with van der Waals surface area (Å²) in [5.74, 6) is -0.171. The number of pyridine rings is 1.